The average molecular weight is 416 g/mol. The minimum absolute atomic E-state index is 0.176. The third kappa shape index (κ3) is 4.14. The Labute approximate surface area is 179 Å². The lowest BCUT2D eigenvalue weighted by Crippen LogP contribution is -2.10. The van der Waals surface area contributed by atoms with E-state index in [1.165, 1.54) is 13.2 Å². The molecule has 1 aliphatic rings. The van der Waals surface area contributed by atoms with Gasteiger partial charge in [-0.15, -0.1) is 0 Å². The molecule has 0 aliphatic carbocycles. The molecule has 0 saturated carbocycles. The Morgan fingerprint density at radius 1 is 1.00 bits per heavy atom. The van der Waals surface area contributed by atoms with Crippen LogP contribution in [0.1, 0.15) is 33.2 Å². The Morgan fingerprint density at radius 2 is 1.74 bits per heavy atom. The van der Waals surface area contributed by atoms with Crippen LogP contribution < -0.4 is 18.9 Å². The van der Waals surface area contributed by atoms with Gasteiger partial charge in [0.15, 0.2) is 5.76 Å². The van der Waals surface area contributed by atoms with E-state index in [0.717, 1.165) is 5.56 Å². The highest BCUT2D eigenvalue weighted by Gasteiger charge is 2.28. The molecule has 0 fully saturated rings. The fraction of sp³-hybridized carbons (Fsp3) is 0.120. The van der Waals surface area contributed by atoms with Crippen LogP contribution in [0.2, 0.25) is 0 Å². The molecule has 6 heteroatoms. The summed E-state index contributed by atoms with van der Waals surface area (Å²) in [6.45, 7) is 2.40. The molecule has 0 spiro atoms. The minimum Gasteiger partial charge on any atom is -0.496 e. The topological polar surface area (TPSA) is 71.1 Å². The lowest BCUT2D eigenvalue weighted by Gasteiger charge is -2.09. The SMILES string of the molecule is CCOc1ccccc1C=C1Oc2cc(OC(=O)c3ccccc3OC)ccc2C1=O. The second-order valence-electron chi connectivity index (χ2n) is 6.66. The molecule has 0 N–H and O–H groups in total. The van der Waals surface area contributed by atoms with E-state index in [0.29, 0.717) is 35.0 Å². The van der Waals surface area contributed by atoms with Crippen molar-refractivity contribution in [3.63, 3.8) is 0 Å². The van der Waals surface area contributed by atoms with Crippen LogP contribution in [-0.2, 0) is 0 Å². The minimum atomic E-state index is -0.567. The van der Waals surface area contributed by atoms with Gasteiger partial charge in [-0.2, -0.15) is 0 Å². The number of carbonyl (C=O) groups excluding carboxylic acids is 2. The lowest BCUT2D eigenvalue weighted by atomic mass is 10.1. The van der Waals surface area contributed by atoms with Gasteiger partial charge in [-0.25, -0.2) is 4.79 Å². The smallest absolute Gasteiger partial charge is 0.347 e. The molecule has 0 atom stereocenters. The van der Waals surface area contributed by atoms with Crippen LogP contribution in [0.5, 0.6) is 23.0 Å². The van der Waals surface area contributed by atoms with Gasteiger partial charge >= 0.3 is 5.97 Å². The van der Waals surface area contributed by atoms with Crippen molar-refractivity contribution in [3.05, 3.63) is 89.2 Å². The summed E-state index contributed by atoms with van der Waals surface area (Å²) in [7, 11) is 1.48. The predicted octanol–water partition coefficient (Wildman–Crippen LogP) is 4.93. The van der Waals surface area contributed by atoms with Gasteiger partial charge in [0, 0.05) is 11.6 Å². The maximum atomic E-state index is 12.8. The van der Waals surface area contributed by atoms with Crippen LogP contribution in [0.25, 0.3) is 6.08 Å². The number of esters is 1. The number of methoxy groups -OCH3 is 1. The summed E-state index contributed by atoms with van der Waals surface area (Å²) < 4.78 is 22.0. The molecule has 1 aliphatic heterocycles. The van der Waals surface area contributed by atoms with E-state index in [1.807, 2.05) is 31.2 Å². The molecule has 31 heavy (non-hydrogen) atoms. The fourth-order valence-electron chi connectivity index (χ4n) is 3.23. The molecule has 0 bridgehead atoms. The maximum Gasteiger partial charge on any atom is 0.347 e. The highest BCUT2D eigenvalue weighted by atomic mass is 16.5. The van der Waals surface area contributed by atoms with E-state index in [4.69, 9.17) is 18.9 Å². The van der Waals surface area contributed by atoms with E-state index >= 15 is 0 Å². The fourth-order valence-corrected chi connectivity index (χ4v) is 3.23. The molecule has 3 aromatic carbocycles. The van der Waals surface area contributed by atoms with Crippen molar-refractivity contribution in [2.45, 2.75) is 6.92 Å². The Balaban J connectivity index is 1.57. The number of hydrogen-bond donors (Lipinski definition) is 0. The number of ketones is 1. The van der Waals surface area contributed by atoms with E-state index in [9.17, 15) is 9.59 Å². The molecular weight excluding hydrogens is 396 g/mol. The first-order valence-electron chi connectivity index (χ1n) is 9.76. The highest BCUT2D eigenvalue weighted by molar-refractivity contribution is 6.14. The van der Waals surface area contributed by atoms with Crippen molar-refractivity contribution < 1.29 is 28.5 Å². The second-order valence-corrected chi connectivity index (χ2v) is 6.66. The zero-order valence-corrected chi connectivity index (χ0v) is 17.1. The van der Waals surface area contributed by atoms with E-state index in [-0.39, 0.29) is 17.3 Å². The quantitative estimate of drug-likeness (QED) is 0.322. The number of carbonyl (C=O) groups is 2. The number of rotatable bonds is 6. The number of fused-ring (bicyclic) bond motifs is 1. The third-order valence-electron chi connectivity index (χ3n) is 4.68. The molecule has 0 aromatic heterocycles. The Kier molecular flexibility index (Phi) is 5.71. The number of hydrogen-bond acceptors (Lipinski definition) is 6. The summed E-state index contributed by atoms with van der Waals surface area (Å²) in [6, 6.07) is 18.8. The summed E-state index contributed by atoms with van der Waals surface area (Å²) in [4.78, 5) is 25.3. The standard InChI is InChI=1S/C25H20O6/c1-3-29-20-10-6-4-8-16(20)14-23-24(26)18-13-12-17(15-22(18)31-23)30-25(27)19-9-5-7-11-21(19)28-2/h4-15H,3H2,1-2H3. The Bertz CT molecular complexity index is 1180. The normalized spacial score (nSPS) is 13.5. The van der Waals surface area contributed by atoms with E-state index < -0.39 is 5.97 Å². The number of ether oxygens (including phenoxy) is 4. The van der Waals surface area contributed by atoms with Gasteiger partial charge in [0.25, 0.3) is 0 Å². The van der Waals surface area contributed by atoms with Crippen molar-refractivity contribution in [3.8, 4) is 23.0 Å². The summed E-state index contributed by atoms with van der Waals surface area (Å²) in [5.74, 6) is 1.03. The van der Waals surface area contributed by atoms with Gasteiger partial charge in [-0.3, -0.25) is 4.79 Å². The predicted molar refractivity (Wildman–Crippen MR) is 115 cm³/mol. The summed E-state index contributed by atoms with van der Waals surface area (Å²) in [6.07, 6.45) is 1.65. The first-order chi connectivity index (χ1) is 15.1. The number of allylic oxidation sites excluding steroid dienone is 1. The summed E-state index contributed by atoms with van der Waals surface area (Å²) >= 11 is 0. The maximum absolute atomic E-state index is 12.8. The van der Waals surface area contributed by atoms with Crippen molar-refractivity contribution in [2.75, 3.05) is 13.7 Å². The zero-order chi connectivity index (χ0) is 21.8. The molecular formula is C25H20O6. The third-order valence-corrected chi connectivity index (χ3v) is 4.68. The lowest BCUT2D eigenvalue weighted by molar-refractivity contribution is 0.0731. The molecule has 1 heterocycles. The molecule has 3 aromatic rings. The van der Waals surface area contributed by atoms with Crippen molar-refractivity contribution in [1.82, 2.24) is 0 Å². The van der Waals surface area contributed by atoms with Gasteiger partial charge in [0.2, 0.25) is 5.78 Å². The van der Waals surface area contributed by atoms with Gasteiger partial charge in [0.05, 0.1) is 19.3 Å². The highest BCUT2D eigenvalue weighted by Crippen LogP contribution is 2.36. The zero-order valence-electron chi connectivity index (χ0n) is 17.1. The van der Waals surface area contributed by atoms with Crippen LogP contribution >= 0.6 is 0 Å². The van der Waals surface area contributed by atoms with Crippen molar-refractivity contribution in [1.29, 1.82) is 0 Å². The monoisotopic (exact) mass is 416 g/mol. The Hall–Kier alpha value is -4.06. The first-order valence-corrected chi connectivity index (χ1v) is 9.76. The van der Waals surface area contributed by atoms with Crippen LogP contribution in [0.15, 0.2) is 72.5 Å². The van der Waals surface area contributed by atoms with Crippen molar-refractivity contribution in [2.24, 2.45) is 0 Å². The van der Waals surface area contributed by atoms with Gasteiger partial charge in [-0.05, 0) is 43.3 Å². The molecule has 0 amide bonds. The Morgan fingerprint density at radius 3 is 2.52 bits per heavy atom. The molecule has 0 unspecified atom stereocenters. The molecule has 0 radical (unpaired) electrons. The van der Waals surface area contributed by atoms with Gasteiger partial charge in [-0.1, -0.05) is 30.3 Å². The summed E-state index contributed by atoms with van der Waals surface area (Å²) in [5.41, 5.74) is 1.44. The number of para-hydroxylation sites is 2. The van der Waals surface area contributed by atoms with Crippen molar-refractivity contribution >= 4 is 17.8 Å². The van der Waals surface area contributed by atoms with Crippen LogP contribution in [-0.4, -0.2) is 25.5 Å². The second kappa shape index (κ2) is 8.75. The summed E-state index contributed by atoms with van der Waals surface area (Å²) in [5, 5.41) is 0. The molecule has 156 valence electrons. The molecule has 4 rings (SSSR count). The first kappa shape index (κ1) is 20.2. The van der Waals surface area contributed by atoms with Crippen LogP contribution in [0.3, 0.4) is 0 Å². The van der Waals surface area contributed by atoms with E-state index in [1.54, 1.807) is 42.5 Å². The number of benzene rings is 3. The number of Topliss-reactive ketones (excluding diaryl/α,β-unsaturated/α-hetero) is 1. The van der Waals surface area contributed by atoms with E-state index in [2.05, 4.69) is 0 Å². The molecule has 0 saturated heterocycles. The molecule has 6 nitrogen and oxygen atoms in total. The van der Waals surface area contributed by atoms with Gasteiger partial charge in [0.1, 0.15) is 28.6 Å². The van der Waals surface area contributed by atoms with Gasteiger partial charge < -0.3 is 18.9 Å². The van der Waals surface area contributed by atoms with Crippen LogP contribution in [0.4, 0.5) is 0 Å². The average Bonchev–Trinajstić information content (AvgIpc) is 3.09. The largest absolute Gasteiger partial charge is 0.496 e. The van der Waals surface area contributed by atoms with Crippen LogP contribution in [0, 0.1) is 0 Å².